The first-order valence-corrected chi connectivity index (χ1v) is 9.70. The third kappa shape index (κ3) is 3.39. The van der Waals surface area contributed by atoms with E-state index in [1.165, 1.54) is 4.90 Å². The first-order valence-electron chi connectivity index (χ1n) is 7.60. The number of nitrogens with zero attached hydrogens (tertiary/aromatic N) is 2. The summed E-state index contributed by atoms with van der Waals surface area (Å²) in [5.74, 6) is -0.0557. The Bertz CT molecular complexity index is 836. The van der Waals surface area contributed by atoms with Gasteiger partial charge in [0.2, 0.25) is 0 Å². The number of hydrogen-bond donors (Lipinski definition) is 1. The molecule has 0 bridgehead atoms. The van der Waals surface area contributed by atoms with Crippen molar-refractivity contribution in [3.63, 3.8) is 0 Å². The zero-order valence-corrected chi connectivity index (χ0v) is 15.5. The van der Waals surface area contributed by atoms with Gasteiger partial charge in [-0.05, 0) is 43.9 Å². The average molecular weight is 358 g/mol. The molecule has 1 amide bonds. The van der Waals surface area contributed by atoms with E-state index in [1.54, 1.807) is 29.3 Å². The summed E-state index contributed by atoms with van der Waals surface area (Å²) in [7, 11) is 0. The number of thioether (sulfide) groups is 1. The third-order valence-electron chi connectivity index (χ3n) is 3.90. The van der Waals surface area contributed by atoms with Crippen LogP contribution < -0.4 is 5.32 Å². The van der Waals surface area contributed by atoms with Gasteiger partial charge in [-0.25, -0.2) is 4.98 Å². The van der Waals surface area contributed by atoms with Crippen molar-refractivity contribution in [1.29, 1.82) is 0 Å². The van der Waals surface area contributed by atoms with Gasteiger partial charge in [0.15, 0.2) is 5.13 Å². The van der Waals surface area contributed by atoms with Crippen molar-refractivity contribution in [1.82, 2.24) is 14.9 Å². The van der Waals surface area contributed by atoms with Crippen molar-refractivity contribution in [2.75, 3.05) is 6.26 Å². The highest BCUT2D eigenvalue weighted by molar-refractivity contribution is 7.98. The van der Waals surface area contributed by atoms with Crippen LogP contribution in [0.15, 0.2) is 46.8 Å². The number of amides is 1. The first-order chi connectivity index (χ1) is 11.6. The monoisotopic (exact) mass is 357 g/mol. The Morgan fingerprint density at radius 3 is 2.67 bits per heavy atom. The molecule has 0 aliphatic heterocycles. The molecule has 0 aliphatic carbocycles. The molecule has 2 heterocycles. The fraction of sp³-hybridized carbons (Fsp3) is 0.222. The number of nitrogens with one attached hydrogen (secondary N) is 1. The van der Waals surface area contributed by atoms with Gasteiger partial charge < -0.3 is 5.32 Å². The Labute approximate surface area is 149 Å². The molecule has 0 saturated heterocycles. The molecule has 124 valence electrons. The summed E-state index contributed by atoms with van der Waals surface area (Å²) in [6, 6.07) is 10.2. The normalized spacial score (nSPS) is 10.8. The fourth-order valence-electron chi connectivity index (χ4n) is 2.63. The molecular formula is C18H19N3OS2. The molecule has 1 aromatic carbocycles. The topological polar surface area (TPSA) is 46.9 Å². The maximum Gasteiger partial charge on any atom is 0.253 e. The molecule has 0 saturated carbocycles. The number of aryl methyl sites for hydroxylation is 1. The van der Waals surface area contributed by atoms with E-state index >= 15 is 0 Å². The van der Waals surface area contributed by atoms with Gasteiger partial charge in [0.25, 0.3) is 5.91 Å². The van der Waals surface area contributed by atoms with Crippen molar-refractivity contribution in [2.24, 2.45) is 0 Å². The van der Waals surface area contributed by atoms with Crippen LogP contribution in [0.4, 0.5) is 0 Å². The largest absolute Gasteiger partial charge is 0.348 e. The molecule has 3 rings (SSSR count). The van der Waals surface area contributed by atoms with Gasteiger partial charge in [0.05, 0.1) is 5.56 Å². The maximum atomic E-state index is 12.6. The van der Waals surface area contributed by atoms with Gasteiger partial charge in [-0.1, -0.05) is 12.1 Å². The Morgan fingerprint density at radius 1 is 1.29 bits per heavy atom. The summed E-state index contributed by atoms with van der Waals surface area (Å²) in [6.45, 7) is 4.47. The van der Waals surface area contributed by atoms with Crippen LogP contribution >= 0.6 is 23.1 Å². The second-order valence-corrected chi connectivity index (χ2v) is 7.22. The van der Waals surface area contributed by atoms with E-state index < -0.39 is 0 Å². The van der Waals surface area contributed by atoms with Crippen LogP contribution in [0.25, 0.3) is 5.13 Å². The average Bonchev–Trinajstić information content (AvgIpc) is 3.21. The fourth-order valence-corrected chi connectivity index (χ4v) is 3.79. The van der Waals surface area contributed by atoms with Crippen LogP contribution in [-0.2, 0) is 6.54 Å². The van der Waals surface area contributed by atoms with Crippen LogP contribution in [-0.4, -0.2) is 21.7 Å². The van der Waals surface area contributed by atoms with Crippen molar-refractivity contribution in [3.05, 3.63) is 64.4 Å². The quantitative estimate of drug-likeness (QED) is 0.696. The van der Waals surface area contributed by atoms with E-state index in [4.69, 9.17) is 0 Å². The highest BCUT2D eigenvalue weighted by Crippen LogP contribution is 2.22. The molecule has 0 unspecified atom stereocenters. The molecule has 24 heavy (non-hydrogen) atoms. The Hall–Kier alpha value is -2.05. The molecule has 0 atom stereocenters. The molecule has 3 aromatic rings. The van der Waals surface area contributed by atoms with Crippen LogP contribution in [0.5, 0.6) is 0 Å². The van der Waals surface area contributed by atoms with E-state index in [1.807, 2.05) is 42.0 Å². The molecule has 4 nitrogen and oxygen atoms in total. The van der Waals surface area contributed by atoms with E-state index in [-0.39, 0.29) is 5.91 Å². The van der Waals surface area contributed by atoms with E-state index in [0.717, 1.165) is 22.1 Å². The highest BCUT2D eigenvalue weighted by Gasteiger charge is 2.17. The predicted octanol–water partition coefficient (Wildman–Crippen LogP) is 4.20. The smallest absolute Gasteiger partial charge is 0.253 e. The van der Waals surface area contributed by atoms with Gasteiger partial charge in [-0.15, -0.1) is 23.1 Å². The third-order valence-corrected chi connectivity index (χ3v) is 5.40. The summed E-state index contributed by atoms with van der Waals surface area (Å²) in [6.07, 6.45) is 3.83. The number of carbonyl (C=O) groups is 1. The number of thiazole rings is 1. The molecule has 0 aliphatic rings. The maximum absolute atomic E-state index is 12.6. The zero-order valence-electron chi connectivity index (χ0n) is 13.9. The minimum atomic E-state index is -0.0557. The number of carbonyl (C=O) groups excluding carboxylic acids is 1. The summed E-state index contributed by atoms with van der Waals surface area (Å²) < 4.78 is 2.02. The second kappa shape index (κ2) is 7.23. The lowest BCUT2D eigenvalue weighted by molar-refractivity contribution is 0.0950. The first kappa shape index (κ1) is 16.8. The Morgan fingerprint density at radius 2 is 2.04 bits per heavy atom. The molecular weight excluding hydrogens is 338 g/mol. The number of benzene rings is 1. The molecule has 0 spiro atoms. The highest BCUT2D eigenvalue weighted by atomic mass is 32.2. The predicted molar refractivity (Wildman–Crippen MR) is 100 cm³/mol. The Balaban J connectivity index is 1.74. The zero-order chi connectivity index (χ0) is 17.1. The van der Waals surface area contributed by atoms with E-state index in [9.17, 15) is 4.79 Å². The van der Waals surface area contributed by atoms with Gasteiger partial charge in [0, 0.05) is 34.4 Å². The van der Waals surface area contributed by atoms with Crippen molar-refractivity contribution in [3.8, 4) is 5.13 Å². The molecule has 0 fully saturated rings. The van der Waals surface area contributed by atoms with Crippen LogP contribution in [0.2, 0.25) is 0 Å². The lowest BCUT2D eigenvalue weighted by atomic mass is 10.2. The van der Waals surface area contributed by atoms with Crippen molar-refractivity contribution < 1.29 is 4.79 Å². The minimum Gasteiger partial charge on any atom is -0.348 e. The number of hydrogen-bond acceptors (Lipinski definition) is 4. The molecule has 0 radical (unpaired) electrons. The van der Waals surface area contributed by atoms with Crippen LogP contribution in [0.3, 0.4) is 0 Å². The molecule has 1 N–H and O–H groups in total. The van der Waals surface area contributed by atoms with Crippen molar-refractivity contribution in [2.45, 2.75) is 25.3 Å². The Kier molecular flexibility index (Phi) is 5.06. The summed E-state index contributed by atoms with van der Waals surface area (Å²) >= 11 is 3.27. The SMILES string of the molecule is CSc1ccc(CNC(=O)c2cc(C)n(-c3nccs3)c2C)cc1. The lowest BCUT2D eigenvalue weighted by Crippen LogP contribution is -2.23. The van der Waals surface area contributed by atoms with Gasteiger partial charge in [0.1, 0.15) is 0 Å². The number of aromatic nitrogens is 2. The van der Waals surface area contributed by atoms with E-state index in [0.29, 0.717) is 12.1 Å². The summed E-state index contributed by atoms with van der Waals surface area (Å²) in [5.41, 5.74) is 3.72. The van der Waals surface area contributed by atoms with Crippen LogP contribution in [0, 0.1) is 13.8 Å². The van der Waals surface area contributed by atoms with E-state index in [2.05, 4.69) is 28.7 Å². The molecule has 6 heteroatoms. The summed E-state index contributed by atoms with van der Waals surface area (Å²) in [4.78, 5) is 18.1. The van der Waals surface area contributed by atoms with Gasteiger partial charge >= 0.3 is 0 Å². The minimum absolute atomic E-state index is 0.0557. The second-order valence-electron chi connectivity index (χ2n) is 5.47. The van der Waals surface area contributed by atoms with Crippen molar-refractivity contribution >= 4 is 29.0 Å². The van der Waals surface area contributed by atoms with Gasteiger partial charge in [-0.2, -0.15) is 0 Å². The number of rotatable bonds is 5. The lowest BCUT2D eigenvalue weighted by Gasteiger charge is -2.07. The summed E-state index contributed by atoms with van der Waals surface area (Å²) in [5, 5.41) is 5.83. The van der Waals surface area contributed by atoms with Crippen LogP contribution in [0.1, 0.15) is 27.3 Å². The standard InChI is InChI=1S/C18H19N3OS2/c1-12-10-16(13(2)21(12)18-19-8-9-24-18)17(22)20-11-14-4-6-15(23-3)7-5-14/h4-10H,11H2,1-3H3,(H,20,22). The van der Waals surface area contributed by atoms with Gasteiger partial charge in [-0.3, -0.25) is 9.36 Å². The molecule has 2 aromatic heterocycles.